The number of aromatic nitrogens is 2. The number of alkyl halides is 3. The molecule has 1 rings (SSSR count). The van der Waals surface area contributed by atoms with Crippen molar-refractivity contribution in [1.29, 1.82) is 0 Å². The molecular weight excluding hydrogens is 247 g/mol. The number of nitrogens with zero attached hydrogens (tertiary/aromatic N) is 2. The second-order valence-electron chi connectivity index (χ2n) is 4.08. The smallest absolute Gasteiger partial charge is 0.389 e. The Hall–Kier alpha value is -1.08. The van der Waals surface area contributed by atoms with Gasteiger partial charge in [-0.25, -0.2) is 0 Å². The van der Waals surface area contributed by atoms with Gasteiger partial charge in [0.15, 0.2) is 0 Å². The fourth-order valence-corrected chi connectivity index (χ4v) is 1.53. The lowest BCUT2D eigenvalue weighted by Crippen LogP contribution is -2.15. The summed E-state index contributed by atoms with van der Waals surface area (Å²) in [5.41, 5.74) is 0.958. The van der Waals surface area contributed by atoms with Gasteiger partial charge < -0.3 is 10.4 Å². The van der Waals surface area contributed by atoms with Crippen LogP contribution >= 0.6 is 0 Å². The molecule has 0 unspecified atom stereocenters. The van der Waals surface area contributed by atoms with E-state index in [2.05, 4.69) is 10.4 Å². The van der Waals surface area contributed by atoms with E-state index in [1.165, 1.54) is 0 Å². The summed E-state index contributed by atoms with van der Waals surface area (Å²) in [6.07, 6.45) is -0.629. The van der Waals surface area contributed by atoms with Crippen molar-refractivity contribution in [2.75, 3.05) is 13.2 Å². The first-order valence-corrected chi connectivity index (χ1v) is 5.91. The van der Waals surface area contributed by atoms with E-state index in [1.807, 2.05) is 0 Å². The molecule has 0 radical (unpaired) electrons. The number of unbranched alkanes of at least 4 members (excludes halogenated alkanes) is 1. The van der Waals surface area contributed by atoms with Crippen molar-refractivity contribution in [3.63, 3.8) is 0 Å². The first kappa shape index (κ1) is 15.0. The predicted octanol–water partition coefficient (Wildman–Crippen LogP) is 1.70. The molecule has 1 aromatic rings. The Labute approximate surface area is 104 Å². The quantitative estimate of drug-likeness (QED) is 0.703. The standard InChI is InChI=1S/C11H18F3N3O/c12-11(13,14)3-1-2-4-15-7-10-8-16-17(9-10)5-6-18/h8-9,15,18H,1-7H2. The Kier molecular flexibility index (Phi) is 6.14. The van der Waals surface area contributed by atoms with E-state index in [1.54, 1.807) is 17.1 Å². The van der Waals surface area contributed by atoms with Crippen molar-refractivity contribution >= 4 is 0 Å². The molecule has 0 atom stereocenters. The fourth-order valence-electron chi connectivity index (χ4n) is 1.53. The Morgan fingerprint density at radius 1 is 1.33 bits per heavy atom. The summed E-state index contributed by atoms with van der Waals surface area (Å²) in [6, 6.07) is 0. The van der Waals surface area contributed by atoms with E-state index in [-0.39, 0.29) is 13.0 Å². The molecule has 0 aliphatic rings. The molecule has 0 amide bonds. The number of halogens is 3. The number of hydrogen-bond donors (Lipinski definition) is 2. The molecule has 18 heavy (non-hydrogen) atoms. The van der Waals surface area contributed by atoms with Crippen LogP contribution in [0.4, 0.5) is 13.2 Å². The van der Waals surface area contributed by atoms with Gasteiger partial charge in [-0.15, -0.1) is 0 Å². The molecule has 2 N–H and O–H groups in total. The van der Waals surface area contributed by atoms with Crippen LogP contribution in [0.25, 0.3) is 0 Å². The minimum Gasteiger partial charge on any atom is -0.394 e. The summed E-state index contributed by atoms with van der Waals surface area (Å²) in [5, 5.41) is 15.8. The maximum atomic E-state index is 11.9. The number of nitrogens with one attached hydrogen (secondary N) is 1. The van der Waals surface area contributed by atoms with Crippen molar-refractivity contribution in [1.82, 2.24) is 15.1 Å². The molecule has 0 aliphatic carbocycles. The first-order chi connectivity index (χ1) is 8.51. The maximum Gasteiger partial charge on any atom is 0.389 e. The SMILES string of the molecule is OCCn1cc(CNCCCCC(F)(F)F)cn1. The average molecular weight is 265 g/mol. The molecule has 1 aromatic heterocycles. The molecule has 0 aromatic carbocycles. The summed E-state index contributed by atoms with van der Waals surface area (Å²) < 4.78 is 37.2. The molecule has 0 aliphatic heterocycles. The third-order valence-electron chi connectivity index (χ3n) is 2.41. The Morgan fingerprint density at radius 2 is 2.11 bits per heavy atom. The van der Waals surface area contributed by atoms with Gasteiger partial charge in [0.2, 0.25) is 0 Å². The molecule has 0 bridgehead atoms. The highest BCUT2D eigenvalue weighted by atomic mass is 19.4. The van der Waals surface area contributed by atoms with Crippen LogP contribution in [0.15, 0.2) is 12.4 Å². The highest BCUT2D eigenvalue weighted by molar-refractivity contribution is 5.03. The molecule has 0 fully saturated rings. The van der Waals surface area contributed by atoms with E-state index in [9.17, 15) is 13.2 Å². The van der Waals surface area contributed by atoms with Gasteiger partial charge in [-0.2, -0.15) is 18.3 Å². The zero-order chi connectivity index (χ0) is 13.4. The highest BCUT2D eigenvalue weighted by Gasteiger charge is 2.25. The van der Waals surface area contributed by atoms with Crippen LogP contribution in [0, 0.1) is 0 Å². The van der Waals surface area contributed by atoms with E-state index < -0.39 is 12.6 Å². The highest BCUT2D eigenvalue weighted by Crippen LogP contribution is 2.21. The van der Waals surface area contributed by atoms with Gasteiger partial charge in [-0.3, -0.25) is 4.68 Å². The zero-order valence-electron chi connectivity index (χ0n) is 10.1. The second kappa shape index (κ2) is 7.38. The largest absolute Gasteiger partial charge is 0.394 e. The lowest BCUT2D eigenvalue weighted by Gasteiger charge is -2.06. The van der Waals surface area contributed by atoms with Crippen LogP contribution in [0.5, 0.6) is 0 Å². The molecule has 1 heterocycles. The van der Waals surface area contributed by atoms with E-state index in [4.69, 9.17) is 5.11 Å². The normalized spacial score (nSPS) is 12.0. The summed E-state index contributed by atoms with van der Waals surface area (Å²) in [5.74, 6) is 0. The van der Waals surface area contributed by atoms with Crippen LogP contribution in [0.2, 0.25) is 0 Å². The van der Waals surface area contributed by atoms with E-state index in [0.29, 0.717) is 26.1 Å². The van der Waals surface area contributed by atoms with Crippen LogP contribution < -0.4 is 5.32 Å². The number of rotatable bonds is 8. The van der Waals surface area contributed by atoms with Gasteiger partial charge in [0.1, 0.15) is 0 Å². The first-order valence-electron chi connectivity index (χ1n) is 5.91. The zero-order valence-corrected chi connectivity index (χ0v) is 10.1. The van der Waals surface area contributed by atoms with Crippen molar-refractivity contribution < 1.29 is 18.3 Å². The molecule has 0 saturated heterocycles. The summed E-state index contributed by atoms with van der Waals surface area (Å²) in [4.78, 5) is 0. The Bertz CT molecular complexity index is 339. The van der Waals surface area contributed by atoms with Crippen LogP contribution in [-0.4, -0.2) is 34.2 Å². The predicted molar refractivity (Wildman–Crippen MR) is 60.9 cm³/mol. The van der Waals surface area contributed by atoms with E-state index >= 15 is 0 Å². The van der Waals surface area contributed by atoms with E-state index in [0.717, 1.165) is 5.56 Å². The Morgan fingerprint density at radius 3 is 2.78 bits per heavy atom. The van der Waals surface area contributed by atoms with Gasteiger partial charge in [0.05, 0.1) is 19.3 Å². The van der Waals surface area contributed by atoms with Gasteiger partial charge in [-0.05, 0) is 19.4 Å². The summed E-state index contributed by atoms with van der Waals surface area (Å²) in [6.45, 7) is 1.62. The van der Waals surface area contributed by atoms with Gasteiger partial charge in [-0.1, -0.05) is 0 Å². The maximum absolute atomic E-state index is 11.9. The van der Waals surface area contributed by atoms with Gasteiger partial charge in [0, 0.05) is 24.7 Å². The van der Waals surface area contributed by atoms with Crippen LogP contribution in [0.1, 0.15) is 24.8 Å². The lowest BCUT2D eigenvalue weighted by atomic mass is 10.2. The van der Waals surface area contributed by atoms with Crippen molar-refractivity contribution in [2.45, 2.75) is 38.5 Å². The summed E-state index contributed by atoms with van der Waals surface area (Å²) >= 11 is 0. The summed E-state index contributed by atoms with van der Waals surface area (Å²) in [7, 11) is 0. The minimum atomic E-state index is -4.05. The molecule has 4 nitrogen and oxygen atoms in total. The van der Waals surface area contributed by atoms with Crippen molar-refractivity contribution in [2.24, 2.45) is 0 Å². The third kappa shape index (κ3) is 6.61. The Balaban J connectivity index is 2.07. The topological polar surface area (TPSA) is 50.1 Å². The lowest BCUT2D eigenvalue weighted by molar-refractivity contribution is -0.135. The van der Waals surface area contributed by atoms with Crippen LogP contribution in [0.3, 0.4) is 0 Å². The second-order valence-corrected chi connectivity index (χ2v) is 4.08. The average Bonchev–Trinajstić information content (AvgIpc) is 2.70. The fraction of sp³-hybridized carbons (Fsp3) is 0.727. The monoisotopic (exact) mass is 265 g/mol. The number of hydrogen-bond acceptors (Lipinski definition) is 3. The van der Waals surface area contributed by atoms with Gasteiger partial charge in [0.25, 0.3) is 0 Å². The van der Waals surface area contributed by atoms with Crippen molar-refractivity contribution in [3.05, 3.63) is 18.0 Å². The molecule has 0 spiro atoms. The number of aliphatic hydroxyl groups is 1. The number of aliphatic hydroxyl groups excluding tert-OH is 1. The molecule has 0 saturated carbocycles. The third-order valence-corrected chi connectivity index (χ3v) is 2.41. The minimum absolute atomic E-state index is 0.0337. The van der Waals surface area contributed by atoms with Crippen molar-refractivity contribution in [3.8, 4) is 0 Å². The molecule has 7 heteroatoms. The molecule has 104 valence electrons. The molecular formula is C11H18F3N3O. The van der Waals surface area contributed by atoms with Gasteiger partial charge >= 0.3 is 6.18 Å². The van der Waals surface area contributed by atoms with Crippen LogP contribution in [-0.2, 0) is 13.1 Å².